The zero-order valence-corrected chi connectivity index (χ0v) is 12.4. The van der Waals surface area contributed by atoms with Crippen LogP contribution in [0.4, 0.5) is 0 Å². The molecule has 0 unspecified atom stereocenters. The molecule has 0 aliphatic carbocycles. The van der Waals surface area contributed by atoms with E-state index >= 15 is 0 Å². The van der Waals surface area contributed by atoms with Crippen molar-refractivity contribution in [3.05, 3.63) is 35.4 Å². The van der Waals surface area contributed by atoms with E-state index in [-0.39, 0.29) is 0 Å². The number of benzene rings is 1. The molecule has 2 nitrogen and oxygen atoms in total. The third kappa shape index (κ3) is 5.65. The van der Waals surface area contributed by atoms with Crippen LogP contribution in [0.3, 0.4) is 0 Å². The lowest BCUT2D eigenvalue weighted by atomic mass is 10.1. The number of rotatable bonds is 8. The molecule has 0 aliphatic rings. The van der Waals surface area contributed by atoms with E-state index in [1.165, 1.54) is 24.1 Å². The van der Waals surface area contributed by atoms with Gasteiger partial charge in [0.1, 0.15) is 0 Å². The summed E-state index contributed by atoms with van der Waals surface area (Å²) in [4.78, 5) is 2.49. The van der Waals surface area contributed by atoms with E-state index in [0.29, 0.717) is 6.04 Å². The summed E-state index contributed by atoms with van der Waals surface area (Å²) in [5.74, 6) is 0. The molecule has 1 N–H and O–H groups in total. The lowest BCUT2D eigenvalue weighted by Crippen LogP contribution is -2.23. The lowest BCUT2D eigenvalue weighted by Gasteiger charge is -2.19. The first-order valence-electron chi connectivity index (χ1n) is 7.19. The molecule has 0 saturated carbocycles. The van der Waals surface area contributed by atoms with Crippen molar-refractivity contribution >= 4 is 0 Å². The van der Waals surface area contributed by atoms with Gasteiger partial charge in [-0.15, -0.1) is 0 Å². The second kappa shape index (κ2) is 8.28. The van der Waals surface area contributed by atoms with Crippen molar-refractivity contribution < 1.29 is 0 Å². The van der Waals surface area contributed by atoms with Crippen molar-refractivity contribution in [2.75, 3.05) is 13.1 Å². The summed E-state index contributed by atoms with van der Waals surface area (Å²) in [5, 5.41) is 3.44. The van der Waals surface area contributed by atoms with E-state index in [4.69, 9.17) is 0 Å². The van der Waals surface area contributed by atoms with Crippen LogP contribution in [0.25, 0.3) is 0 Å². The molecule has 1 rings (SSSR count). The predicted molar refractivity (Wildman–Crippen MR) is 79.7 cm³/mol. The van der Waals surface area contributed by atoms with Gasteiger partial charge in [-0.2, -0.15) is 0 Å². The number of hydrogen-bond donors (Lipinski definition) is 1. The monoisotopic (exact) mass is 248 g/mol. The highest BCUT2D eigenvalue weighted by molar-refractivity contribution is 5.22. The standard InChI is InChI=1S/C16H28N2/c1-5-11-18(6-2)13-16-9-7-15(8-10-16)12-17-14(3)4/h7-10,14,17H,5-6,11-13H2,1-4H3. The zero-order chi connectivity index (χ0) is 13.4. The minimum absolute atomic E-state index is 0.546. The third-order valence-electron chi connectivity index (χ3n) is 3.13. The fourth-order valence-electron chi connectivity index (χ4n) is 2.01. The van der Waals surface area contributed by atoms with Gasteiger partial charge in [0.25, 0.3) is 0 Å². The summed E-state index contributed by atoms with van der Waals surface area (Å²) in [6, 6.07) is 9.55. The molecule has 0 spiro atoms. The number of nitrogens with one attached hydrogen (secondary N) is 1. The quantitative estimate of drug-likeness (QED) is 0.758. The van der Waals surface area contributed by atoms with Crippen molar-refractivity contribution in [2.45, 2.75) is 53.2 Å². The average Bonchev–Trinajstić information content (AvgIpc) is 2.37. The van der Waals surface area contributed by atoms with E-state index in [1.807, 2.05) is 0 Å². The molecule has 0 aromatic heterocycles. The van der Waals surface area contributed by atoms with Gasteiger partial charge in [-0.3, -0.25) is 4.90 Å². The Bertz CT molecular complexity index is 316. The molecule has 1 aromatic rings. The Morgan fingerprint density at radius 1 is 1.06 bits per heavy atom. The second-order valence-electron chi connectivity index (χ2n) is 5.22. The molecule has 18 heavy (non-hydrogen) atoms. The highest BCUT2D eigenvalue weighted by Crippen LogP contribution is 2.08. The van der Waals surface area contributed by atoms with Crippen LogP contribution >= 0.6 is 0 Å². The second-order valence-corrected chi connectivity index (χ2v) is 5.22. The maximum atomic E-state index is 3.44. The first-order valence-corrected chi connectivity index (χ1v) is 7.19. The van der Waals surface area contributed by atoms with Crippen LogP contribution < -0.4 is 5.32 Å². The van der Waals surface area contributed by atoms with Crippen molar-refractivity contribution in [3.63, 3.8) is 0 Å². The van der Waals surface area contributed by atoms with Crippen LogP contribution in [0.2, 0.25) is 0 Å². The Morgan fingerprint density at radius 3 is 2.17 bits per heavy atom. The molecule has 0 heterocycles. The van der Waals surface area contributed by atoms with Gasteiger partial charge < -0.3 is 5.32 Å². The van der Waals surface area contributed by atoms with Crippen molar-refractivity contribution in [3.8, 4) is 0 Å². The summed E-state index contributed by atoms with van der Waals surface area (Å²) in [6.07, 6.45) is 1.23. The normalized spacial score (nSPS) is 11.4. The maximum absolute atomic E-state index is 3.44. The summed E-state index contributed by atoms with van der Waals surface area (Å²) < 4.78 is 0. The van der Waals surface area contributed by atoms with Crippen LogP contribution in [0.1, 0.15) is 45.2 Å². The Hall–Kier alpha value is -0.860. The largest absolute Gasteiger partial charge is 0.310 e. The molecule has 0 saturated heterocycles. The van der Waals surface area contributed by atoms with Gasteiger partial charge in [-0.25, -0.2) is 0 Å². The smallest absolute Gasteiger partial charge is 0.0233 e. The van der Waals surface area contributed by atoms with E-state index in [2.05, 4.69) is 62.2 Å². The van der Waals surface area contributed by atoms with Gasteiger partial charge in [0.15, 0.2) is 0 Å². The van der Waals surface area contributed by atoms with Crippen molar-refractivity contribution in [1.82, 2.24) is 10.2 Å². The maximum Gasteiger partial charge on any atom is 0.0233 e. The molecule has 0 bridgehead atoms. The third-order valence-corrected chi connectivity index (χ3v) is 3.13. The lowest BCUT2D eigenvalue weighted by molar-refractivity contribution is 0.280. The van der Waals surface area contributed by atoms with Gasteiger partial charge in [0.05, 0.1) is 0 Å². The molecular weight excluding hydrogens is 220 g/mol. The molecule has 0 atom stereocenters. The minimum atomic E-state index is 0.546. The van der Waals surface area contributed by atoms with Crippen LogP contribution in [0.5, 0.6) is 0 Å². The van der Waals surface area contributed by atoms with Crippen LogP contribution in [-0.4, -0.2) is 24.0 Å². The SMILES string of the molecule is CCCN(CC)Cc1ccc(CNC(C)C)cc1. The number of hydrogen-bond acceptors (Lipinski definition) is 2. The Morgan fingerprint density at radius 2 is 1.67 bits per heavy atom. The van der Waals surface area contributed by atoms with Crippen LogP contribution in [-0.2, 0) is 13.1 Å². The predicted octanol–water partition coefficient (Wildman–Crippen LogP) is 3.42. The Labute approximate surface area is 112 Å². The topological polar surface area (TPSA) is 15.3 Å². The van der Waals surface area contributed by atoms with Gasteiger partial charge >= 0.3 is 0 Å². The molecule has 102 valence electrons. The molecular formula is C16H28N2. The summed E-state index contributed by atoms with van der Waals surface area (Å²) in [6.45, 7) is 13.2. The molecule has 0 radical (unpaired) electrons. The first-order chi connectivity index (χ1) is 8.65. The van der Waals surface area contributed by atoms with Crippen LogP contribution in [0.15, 0.2) is 24.3 Å². The summed E-state index contributed by atoms with van der Waals surface area (Å²) in [5.41, 5.74) is 2.78. The zero-order valence-electron chi connectivity index (χ0n) is 12.4. The fourth-order valence-corrected chi connectivity index (χ4v) is 2.01. The molecule has 0 amide bonds. The van der Waals surface area contributed by atoms with E-state index in [9.17, 15) is 0 Å². The number of nitrogens with zero attached hydrogens (tertiary/aromatic N) is 1. The van der Waals surface area contributed by atoms with Gasteiger partial charge in [-0.1, -0.05) is 52.0 Å². The van der Waals surface area contributed by atoms with Crippen LogP contribution in [0, 0.1) is 0 Å². The minimum Gasteiger partial charge on any atom is -0.310 e. The molecule has 2 heteroatoms. The van der Waals surface area contributed by atoms with Gasteiger partial charge in [0, 0.05) is 19.1 Å². The average molecular weight is 248 g/mol. The Balaban J connectivity index is 2.48. The van der Waals surface area contributed by atoms with E-state index in [0.717, 1.165) is 19.6 Å². The highest BCUT2D eigenvalue weighted by Gasteiger charge is 2.02. The van der Waals surface area contributed by atoms with Gasteiger partial charge in [0.2, 0.25) is 0 Å². The first kappa shape index (κ1) is 15.2. The van der Waals surface area contributed by atoms with Crippen molar-refractivity contribution in [1.29, 1.82) is 0 Å². The molecule has 0 fully saturated rings. The van der Waals surface area contributed by atoms with E-state index in [1.54, 1.807) is 0 Å². The van der Waals surface area contributed by atoms with Gasteiger partial charge in [-0.05, 0) is 30.6 Å². The highest BCUT2D eigenvalue weighted by atomic mass is 15.1. The summed E-state index contributed by atoms with van der Waals surface area (Å²) in [7, 11) is 0. The van der Waals surface area contributed by atoms with E-state index < -0.39 is 0 Å². The molecule has 0 aliphatic heterocycles. The Kier molecular flexibility index (Phi) is 6.99. The van der Waals surface area contributed by atoms with Crippen molar-refractivity contribution in [2.24, 2.45) is 0 Å². The molecule has 1 aromatic carbocycles. The summed E-state index contributed by atoms with van der Waals surface area (Å²) >= 11 is 0. The fraction of sp³-hybridized carbons (Fsp3) is 0.625.